The number of benzene rings is 3. The molecule has 0 N–H and O–H groups in total. The Kier molecular flexibility index (Phi) is 12.9. The van der Waals surface area contributed by atoms with E-state index in [-0.39, 0.29) is 54.9 Å². The molecule has 5 aromatic rings. The predicted molar refractivity (Wildman–Crippen MR) is 156 cm³/mol. The van der Waals surface area contributed by atoms with Gasteiger partial charge in [-0.05, 0) is 19.3 Å². The van der Waals surface area contributed by atoms with Crippen molar-refractivity contribution in [2.75, 3.05) is 0 Å². The van der Waals surface area contributed by atoms with Crippen LogP contribution >= 0.6 is 0 Å². The maximum absolute atomic E-state index is 2.44. The summed E-state index contributed by atoms with van der Waals surface area (Å²) >= 11 is 0. The van der Waals surface area contributed by atoms with Crippen molar-refractivity contribution in [3.63, 3.8) is 0 Å². The Labute approximate surface area is 256 Å². The largest absolute Gasteiger partial charge is 4.00 e. The summed E-state index contributed by atoms with van der Waals surface area (Å²) in [6.45, 7) is 4.76. The molecular weight excluding hydrogens is 555 g/mol. The zero-order valence-corrected chi connectivity index (χ0v) is 26.0. The third-order valence-electron chi connectivity index (χ3n) is 6.85. The van der Waals surface area contributed by atoms with E-state index in [9.17, 15) is 0 Å². The summed E-state index contributed by atoms with van der Waals surface area (Å²) in [5.74, 6) is 0. The van der Waals surface area contributed by atoms with Gasteiger partial charge in [0.2, 0.25) is 0 Å². The van der Waals surface area contributed by atoms with Gasteiger partial charge < -0.3 is 24.8 Å². The number of fused-ring (bicyclic) bond motifs is 2. The fourth-order valence-electron chi connectivity index (χ4n) is 4.90. The molecule has 4 heteroatoms. The Bertz CT molecular complexity index is 1530. The second kappa shape index (κ2) is 15.4. The first kappa shape index (κ1) is 32.0. The molecule has 38 heavy (non-hydrogen) atoms. The van der Waals surface area contributed by atoms with Crippen molar-refractivity contribution in [1.82, 2.24) is 0 Å². The summed E-state index contributed by atoms with van der Waals surface area (Å²) < 4.78 is 0. The molecule has 5 aromatic carbocycles. The average molecular weight is 587 g/mol. The van der Waals surface area contributed by atoms with Crippen molar-refractivity contribution >= 4 is 35.1 Å². The van der Waals surface area contributed by atoms with Crippen LogP contribution in [0.4, 0.5) is 0 Å². The smallest absolute Gasteiger partial charge is 1.00 e. The van der Waals surface area contributed by atoms with Crippen LogP contribution in [0.5, 0.6) is 0 Å². The topological polar surface area (TPSA) is 0 Å². The molecule has 1 aliphatic carbocycles. The minimum atomic E-state index is -0.299. The van der Waals surface area contributed by atoms with E-state index in [1.54, 1.807) is 5.17 Å². The van der Waals surface area contributed by atoms with E-state index in [4.69, 9.17) is 0 Å². The van der Waals surface area contributed by atoms with Crippen LogP contribution in [0.25, 0.3) is 21.5 Å². The number of hydrogen-bond donors (Lipinski definition) is 0. The van der Waals surface area contributed by atoms with Crippen molar-refractivity contribution in [3.05, 3.63) is 144 Å². The Hall–Kier alpha value is -2.26. The quantitative estimate of drug-likeness (QED) is 0.224. The second-order valence-corrected chi connectivity index (χ2v) is 12.2. The van der Waals surface area contributed by atoms with Crippen LogP contribution in [0.1, 0.15) is 23.1 Å². The molecule has 0 saturated heterocycles. The van der Waals surface area contributed by atoms with E-state index in [0.29, 0.717) is 0 Å². The van der Waals surface area contributed by atoms with Crippen LogP contribution in [0, 0.1) is 0 Å². The maximum atomic E-state index is 2.44. The van der Waals surface area contributed by atoms with Gasteiger partial charge in [0, 0.05) is 8.41 Å². The minimum Gasteiger partial charge on any atom is -1.00 e. The molecule has 0 unspecified atom stereocenters. The van der Waals surface area contributed by atoms with Gasteiger partial charge in [-0.1, -0.05) is 90.1 Å². The van der Waals surface area contributed by atoms with E-state index >= 15 is 0 Å². The fourth-order valence-corrected chi connectivity index (χ4v) is 5.90. The van der Waals surface area contributed by atoms with Gasteiger partial charge in [0.05, 0.1) is 0 Å². The van der Waals surface area contributed by atoms with Crippen LogP contribution < -0.4 is 24.8 Å². The average Bonchev–Trinajstić information content (AvgIpc) is 3.50. The molecule has 0 radical (unpaired) electrons. The Morgan fingerprint density at radius 2 is 1.21 bits per heavy atom. The van der Waals surface area contributed by atoms with Crippen LogP contribution in [0.3, 0.4) is 0 Å². The van der Waals surface area contributed by atoms with Crippen LogP contribution in [0.15, 0.2) is 127 Å². The van der Waals surface area contributed by atoms with Crippen molar-refractivity contribution in [3.8, 4) is 0 Å². The zero-order chi connectivity index (χ0) is 24.0. The van der Waals surface area contributed by atoms with Gasteiger partial charge in [0.15, 0.2) is 0 Å². The summed E-state index contributed by atoms with van der Waals surface area (Å²) in [4.78, 5) is 0. The van der Waals surface area contributed by atoms with Crippen LogP contribution in [-0.4, -0.2) is 13.6 Å². The van der Waals surface area contributed by atoms with E-state index < -0.39 is 0 Å². The minimum absolute atomic E-state index is 0. The molecule has 190 valence electrons. The molecule has 0 atom stereocenters. The van der Waals surface area contributed by atoms with Crippen molar-refractivity contribution in [1.29, 1.82) is 0 Å². The molecule has 0 bridgehead atoms. The molecule has 0 spiro atoms. The molecule has 1 aliphatic rings. The van der Waals surface area contributed by atoms with Gasteiger partial charge in [-0.3, -0.25) is 0 Å². The third kappa shape index (κ3) is 7.88. The van der Waals surface area contributed by atoms with Crippen LogP contribution in [0.2, 0.25) is 13.1 Å². The molecular formula is C34H32Cl2SiTi. The molecule has 0 amide bonds. The van der Waals surface area contributed by atoms with Gasteiger partial charge in [0.1, 0.15) is 0 Å². The van der Waals surface area contributed by atoms with E-state index in [0.717, 1.165) is 19.3 Å². The normalized spacial score (nSPS) is 11.9. The van der Waals surface area contributed by atoms with Gasteiger partial charge in [-0.15, -0.1) is 93.3 Å². The molecule has 0 aromatic heterocycles. The summed E-state index contributed by atoms with van der Waals surface area (Å²) in [5.41, 5.74) is 5.71. The fraction of sp³-hybridized carbons (Fsp3) is 0.147. The van der Waals surface area contributed by atoms with Crippen molar-refractivity contribution < 1.29 is 46.5 Å². The predicted octanol–water partition coefficient (Wildman–Crippen LogP) is 2.65. The van der Waals surface area contributed by atoms with Gasteiger partial charge in [-0.2, -0.15) is 0 Å². The Morgan fingerprint density at radius 3 is 1.79 bits per heavy atom. The zero-order valence-electron chi connectivity index (χ0n) is 21.9. The first-order valence-electron chi connectivity index (χ1n) is 12.5. The molecule has 6 rings (SSSR count). The standard InChI is InChI=1S/C18H19Si.C16H13.2ClH.Ti/c1-19(2)17-8-5-6-14(13-17)12-16-11-10-15-7-3-4-9-18(15)16;1-2-6-13(7-3-1)12-15-11-10-14-8-4-5-9-16(14)15;;;/h3-7,9-11,13H,8,12H2,1-2H3;1-11H,12H2;2*1H;/q2*-1;;;+4/p-2. The Balaban J connectivity index is 0.000000250. The number of rotatable bonds is 4. The van der Waals surface area contributed by atoms with Gasteiger partial charge >= 0.3 is 21.7 Å². The first-order chi connectivity index (χ1) is 17.2. The molecule has 0 heterocycles. The maximum Gasteiger partial charge on any atom is 4.00 e. The molecule has 0 aliphatic heterocycles. The first-order valence-corrected chi connectivity index (χ1v) is 15.0. The number of allylic oxidation sites excluding steroid dienone is 4. The van der Waals surface area contributed by atoms with Crippen molar-refractivity contribution in [2.24, 2.45) is 0 Å². The molecule has 0 fully saturated rings. The van der Waals surface area contributed by atoms with E-state index in [1.807, 2.05) is 0 Å². The van der Waals surface area contributed by atoms with E-state index in [1.165, 1.54) is 43.8 Å². The second-order valence-electron chi connectivity index (χ2n) is 9.58. The Morgan fingerprint density at radius 1 is 0.684 bits per heavy atom. The molecule has 0 nitrogen and oxygen atoms in total. The molecule has 0 saturated carbocycles. The third-order valence-corrected chi connectivity index (χ3v) is 8.48. The number of hydrogen-bond acceptors (Lipinski definition) is 0. The summed E-state index contributed by atoms with van der Waals surface area (Å²) in [5, 5.41) is 7.14. The summed E-state index contributed by atoms with van der Waals surface area (Å²) in [6, 6.07) is 36.8. The van der Waals surface area contributed by atoms with Gasteiger partial charge in [-0.25, -0.2) is 0 Å². The SMILES string of the molecule is C[Si](C)=C1C=C(Cc2c[cH-]c3ccccc23)C=CC1.[Cl-].[Cl-].[Ti+4].c1ccc(Cc2c[cH-]c3ccccc23)cc1. The van der Waals surface area contributed by atoms with Gasteiger partial charge in [0.25, 0.3) is 0 Å². The van der Waals surface area contributed by atoms with Crippen LogP contribution in [-0.2, 0) is 34.6 Å². The van der Waals surface area contributed by atoms with E-state index in [2.05, 4.69) is 134 Å². The monoisotopic (exact) mass is 586 g/mol. The summed E-state index contributed by atoms with van der Waals surface area (Å²) in [7, 11) is -0.299. The summed E-state index contributed by atoms with van der Waals surface area (Å²) in [6.07, 6.45) is 10.3. The van der Waals surface area contributed by atoms with Crippen molar-refractivity contribution in [2.45, 2.75) is 32.4 Å². The number of halogens is 2.